The van der Waals surface area contributed by atoms with Crippen molar-refractivity contribution < 1.29 is 4.79 Å². The number of rotatable bonds is 5. The van der Waals surface area contributed by atoms with Crippen molar-refractivity contribution in [1.82, 2.24) is 5.32 Å². The lowest BCUT2D eigenvalue weighted by Crippen LogP contribution is -2.31. The Morgan fingerprint density at radius 1 is 1.04 bits per heavy atom. The Hall–Kier alpha value is -2.29. The largest absolute Gasteiger partial charge is 0.338 e. The lowest BCUT2D eigenvalue weighted by molar-refractivity contribution is 0.252. The molecule has 2 aromatic carbocycles. The van der Waals surface area contributed by atoms with Gasteiger partial charge in [0.25, 0.3) is 0 Å². The fourth-order valence-electron chi connectivity index (χ4n) is 2.58. The van der Waals surface area contributed by atoms with E-state index in [1.54, 1.807) is 0 Å². The molecule has 122 valence electrons. The molecule has 3 heteroatoms. The van der Waals surface area contributed by atoms with Gasteiger partial charge in [-0.15, -0.1) is 0 Å². The Kier molecular flexibility index (Phi) is 5.80. The topological polar surface area (TPSA) is 41.1 Å². The van der Waals surface area contributed by atoms with Gasteiger partial charge in [-0.3, -0.25) is 0 Å². The Balaban J connectivity index is 1.91. The number of anilines is 1. The molecule has 23 heavy (non-hydrogen) atoms. The van der Waals surface area contributed by atoms with Gasteiger partial charge in [0, 0.05) is 12.2 Å². The van der Waals surface area contributed by atoms with Crippen molar-refractivity contribution >= 4 is 11.7 Å². The van der Waals surface area contributed by atoms with E-state index in [4.69, 9.17) is 0 Å². The third-order valence-corrected chi connectivity index (χ3v) is 3.99. The molecule has 0 bridgehead atoms. The number of aryl methyl sites for hydroxylation is 2. The first-order valence-corrected chi connectivity index (χ1v) is 8.17. The lowest BCUT2D eigenvalue weighted by Gasteiger charge is -2.16. The zero-order chi connectivity index (χ0) is 16.8. The van der Waals surface area contributed by atoms with Crippen LogP contribution in [0.3, 0.4) is 0 Å². The number of hydrogen-bond donors (Lipinski definition) is 2. The molecule has 0 aromatic heterocycles. The van der Waals surface area contributed by atoms with E-state index in [1.165, 1.54) is 16.7 Å². The number of nitrogens with one attached hydrogen (secondary N) is 2. The molecular formula is C20H26N2O. The average molecular weight is 310 g/mol. The smallest absolute Gasteiger partial charge is 0.319 e. The molecule has 2 amide bonds. The average Bonchev–Trinajstić information content (AvgIpc) is 2.51. The molecule has 0 aliphatic heterocycles. The van der Waals surface area contributed by atoms with Crippen molar-refractivity contribution in [2.45, 2.75) is 40.0 Å². The van der Waals surface area contributed by atoms with Crippen LogP contribution in [0.4, 0.5) is 10.5 Å². The maximum atomic E-state index is 12.2. The fraction of sp³-hybridized carbons (Fsp3) is 0.350. The predicted octanol–water partition coefficient (Wildman–Crippen LogP) is 4.79. The van der Waals surface area contributed by atoms with Crippen LogP contribution in [0.5, 0.6) is 0 Å². The molecule has 0 radical (unpaired) electrons. The molecule has 0 aliphatic rings. The summed E-state index contributed by atoms with van der Waals surface area (Å²) in [7, 11) is 0. The van der Waals surface area contributed by atoms with Crippen molar-refractivity contribution in [2.24, 2.45) is 0 Å². The van der Waals surface area contributed by atoms with E-state index >= 15 is 0 Å². The molecule has 0 aliphatic carbocycles. The summed E-state index contributed by atoms with van der Waals surface area (Å²) in [5.41, 5.74) is 5.66. The zero-order valence-electron chi connectivity index (χ0n) is 14.4. The molecule has 2 rings (SSSR count). The minimum Gasteiger partial charge on any atom is -0.338 e. The minimum absolute atomic E-state index is 0.145. The van der Waals surface area contributed by atoms with Gasteiger partial charge in [0.1, 0.15) is 0 Å². The Bertz CT molecular complexity index is 660. The van der Waals surface area contributed by atoms with E-state index in [0.717, 1.165) is 17.7 Å². The number of hydrogen-bond acceptors (Lipinski definition) is 1. The number of para-hydroxylation sites is 1. The van der Waals surface area contributed by atoms with Crippen LogP contribution in [0.15, 0.2) is 42.5 Å². The second-order valence-electron chi connectivity index (χ2n) is 6.31. The second kappa shape index (κ2) is 7.82. The van der Waals surface area contributed by atoms with E-state index in [-0.39, 0.29) is 6.03 Å². The third-order valence-electron chi connectivity index (χ3n) is 3.99. The van der Waals surface area contributed by atoms with Gasteiger partial charge < -0.3 is 10.6 Å². The summed E-state index contributed by atoms with van der Waals surface area (Å²) < 4.78 is 0. The monoisotopic (exact) mass is 310 g/mol. The van der Waals surface area contributed by atoms with Gasteiger partial charge in [0.05, 0.1) is 0 Å². The molecule has 0 saturated carbocycles. The molecule has 3 nitrogen and oxygen atoms in total. The highest BCUT2D eigenvalue weighted by Crippen LogP contribution is 2.27. The summed E-state index contributed by atoms with van der Waals surface area (Å²) in [6, 6.07) is 14.4. The zero-order valence-corrected chi connectivity index (χ0v) is 14.4. The SMILES string of the molecule is Cc1ccc(CCNC(=O)Nc2c(C)cccc2C(C)C)cc1. The molecule has 0 unspecified atom stereocenters. The van der Waals surface area contributed by atoms with Crippen LogP contribution in [0, 0.1) is 13.8 Å². The highest BCUT2D eigenvalue weighted by Gasteiger charge is 2.11. The third kappa shape index (κ3) is 4.85. The summed E-state index contributed by atoms with van der Waals surface area (Å²) in [6.45, 7) is 8.99. The maximum Gasteiger partial charge on any atom is 0.319 e. The van der Waals surface area contributed by atoms with Crippen LogP contribution in [0.1, 0.15) is 42.0 Å². The second-order valence-corrected chi connectivity index (χ2v) is 6.31. The molecule has 2 N–H and O–H groups in total. The molecule has 0 saturated heterocycles. The van der Waals surface area contributed by atoms with Crippen LogP contribution in [0.25, 0.3) is 0 Å². The van der Waals surface area contributed by atoms with Gasteiger partial charge in [0.2, 0.25) is 0 Å². The fourth-order valence-corrected chi connectivity index (χ4v) is 2.58. The quantitative estimate of drug-likeness (QED) is 0.819. The van der Waals surface area contributed by atoms with Gasteiger partial charge in [-0.2, -0.15) is 0 Å². The van der Waals surface area contributed by atoms with Gasteiger partial charge in [-0.1, -0.05) is 61.9 Å². The van der Waals surface area contributed by atoms with Crippen LogP contribution in [-0.4, -0.2) is 12.6 Å². The van der Waals surface area contributed by atoms with Crippen LogP contribution >= 0.6 is 0 Å². The van der Waals surface area contributed by atoms with Gasteiger partial charge >= 0.3 is 6.03 Å². The van der Waals surface area contributed by atoms with E-state index in [0.29, 0.717) is 12.5 Å². The first-order chi connectivity index (χ1) is 11.0. The Labute approximate surface area is 139 Å². The number of amides is 2. The van der Waals surface area contributed by atoms with Crippen molar-refractivity contribution in [3.05, 3.63) is 64.7 Å². The number of carbonyl (C=O) groups excluding carboxylic acids is 1. The number of benzene rings is 2. The molecule has 0 spiro atoms. The summed E-state index contributed by atoms with van der Waals surface area (Å²) in [6.07, 6.45) is 0.832. The standard InChI is InChI=1S/C20H26N2O/c1-14(2)18-7-5-6-16(4)19(18)22-20(23)21-13-12-17-10-8-15(3)9-11-17/h5-11,14H,12-13H2,1-4H3,(H2,21,22,23). The molecule has 2 aromatic rings. The normalized spacial score (nSPS) is 10.7. The summed E-state index contributed by atoms with van der Waals surface area (Å²) >= 11 is 0. The molecule has 0 atom stereocenters. The van der Waals surface area contributed by atoms with Crippen molar-refractivity contribution in [1.29, 1.82) is 0 Å². The number of urea groups is 1. The summed E-state index contributed by atoms with van der Waals surface area (Å²) in [5.74, 6) is 0.373. The summed E-state index contributed by atoms with van der Waals surface area (Å²) in [4.78, 5) is 12.2. The molecule has 0 fully saturated rings. The first kappa shape index (κ1) is 17.1. The lowest BCUT2D eigenvalue weighted by atomic mass is 9.98. The number of carbonyl (C=O) groups is 1. The van der Waals surface area contributed by atoms with Crippen molar-refractivity contribution in [3.8, 4) is 0 Å². The predicted molar refractivity (Wildman–Crippen MR) is 97.2 cm³/mol. The van der Waals surface area contributed by atoms with E-state index in [9.17, 15) is 4.79 Å². The van der Waals surface area contributed by atoms with E-state index in [2.05, 4.69) is 61.7 Å². The Morgan fingerprint density at radius 2 is 1.74 bits per heavy atom. The van der Waals surface area contributed by atoms with E-state index in [1.807, 2.05) is 19.1 Å². The minimum atomic E-state index is -0.145. The van der Waals surface area contributed by atoms with E-state index < -0.39 is 0 Å². The van der Waals surface area contributed by atoms with Gasteiger partial charge in [-0.05, 0) is 42.9 Å². The summed E-state index contributed by atoms with van der Waals surface area (Å²) in [5, 5.41) is 5.94. The Morgan fingerprint density at radius 3 is 2.39 bits per heavy atom. The highest BCUT2D eigenvalue weighted by molar-refractivity contribution is 5.91. The van der Waals surface area contributed by atoms with Crippen molar-refractivity contribution in [2.75, 3.05) is 11.9 Å². The molecule has 0 heterocycles. The molecular weight excluding hydrogens is 284 g/mol. The maximum absolute atomic E-state index is 12.2. The first-order valence-electron chi connectivity index (χ1n) is 8.17. The van der Waals surface area contributed by atoms with Crippen LogP contribution < -0.4 is 10.6 Å². The van der Waals surface area contributed by atoms with Gasteiger partial charge in [-0.25, -0.2) is 4.79 Å². The van der Waals surface area contributed by atoms with Gasteiger partial charge in [0.15, 0.2) is 0 Å². The highest BCUT2D eigenvalue weighted by atomic mass is 16.2. The van der Waals surface area contributed by atoms with Crippen molar-refractivity contribution in [3.63, 3.8) is 0 Å². The van der Waals surface area contributed by atoms with Crippen LogP contribution in [0.2, 0.25) is 0 Å². The van der Waals surface area contributed by atoms with Crippen LogP contribution in [-0.2, 0) is 6.42 Å².